The van der Waals surface area contributed by atoms with E-state index in [1.807, 2.05) is 49.3 Å². The van der Waals surface area contributed by atoms with Crippen molar-refractivity contribution in [2.75, 3.05) is 24.3 Å². The van der Waals surface area contributed by atoms with Crippen molar-refractivity contribution in [1.29, 1.82) is 0 Å². The molecule has 33 heavy (non-hydrogen) atoms. The third-order valence-electron chi connectivity index (χ3n) is 5.27. The number of benzene rings is 3. The molecule has 1 heterocycles. The van der Waals surface area contributed by atoms with Crippen LogP contribution in [-0.2, 0) is 0 Å². The first-order valence-corrected chi connectivity index (χ1v) is 10.8. The highest BCUT2D eigenvalue weighted by Crippen LogP contribution is 2.34. The van der Waals surface area contributed by atoms with Crippen molar-refractivity contribution in [3.8, 4) is 0 Å². The van der Waals surface area contributed by atoms with Crippen LogP contribution < -0.4 is 15.6 Å². The Kier molecular flexibility index (Phi) is 6.01. The molecule has 10 heteroatoms. The highest BCUT2D eigenvalue weighted by molar-refractivity contribution is 9.10. The van der Waals surface area contributed by atoms with Crippen molar-refractivity contribution in [2.24, 2.45) is 0 Å². The maximum absolute atomic E-state index is 13.4. The van der Waals surface area contributed by atoms with Crippen molar-refractivity contribution in [1.82, 2.24) is 10.4 Å². The topological polar surface area (TPSA) is 108 Å². The molecule has 2 N–H and O–H groups in total. The van der Waals surface area contributed by atoms with Gasteiger partial charge >= 0.3 is 0 Å². The molecule has 0 spiro atoms. The number of fused-ring (bicyclic) bond motifs is 1. The third kappa shape index (κ3) is 4.51. The highest BCUT2D eigenvalue weighted by atomic mass is 79.9. The Morgan fingerprint density at radius 2 is 1.76 bits per heavy atom. The van der Waals surface area contributed by atoms with E-state index < -0.39 is 17.0 Å². The molecular weight excluding hydrogens is 490 g/mol. The van der Waals surface area contributed by atoms with Gasteiger partial charge in [-0.15, -0.1) is 0 Å². The van der Waals surface area contributed by atoms with Crippen LogP contribution in [0.5, 0.6) is 0 Å². The lowest BCUT2D eigenvalue weighted by molar-refractivity contribution is -0.384. The zero-order valence-corrected chi connectivity index (χ0v) is 19.4. The number of hydrogen-bond donors (Lipinski definition) is 2. The Morgan fingerprint density at radius 3 is 2.36 bits per heavy atom. The fraction of sp³-hybridized carbons (Fsp3) is 0.130. The summed E-state index contributed by atoms with van der Waals surface area (Å²) in [5.41, 5.74) is 5.54. The molecule has 0 aromatic heterocycles. The minimum absolute atomic E-state index is 0.125. The summed E-state index contributed by atoms with van der Waals surface area (Å²) in [7, 11) is 3.87. The number of anilines is 2. The lowest BCUT2D eigenvalue weighted by Gasteiger charge is -2.38. The van der Waals surface area contributed by atoms with Gasteiger partial charge < -0.3 is 10.2 Å². The van der Waals surface area contributed by atoms with Crippen LogP contribution in [0.2, 0.25) is 0 Å². The number of hydrazine groups is 1. The van der Waals surface area contributed by atoms with Crippen LogP contribution in [0.15, 0.2) is 71.2 Å². The number of nitro groups is 1. The van der Waals surface area contributed by atoms with Gasteiger partial charge in [-0.05, 0) is 48.0 Å². The van der Waals surface area contributed by atoms with Gasteiger partial charge in [0.25, 0.3) is 17.5 Å². The summed E-state index contributed by atoms with van der Waals surface area (Å²) in [5.74, 6) is -0.949. The Hall–Kier alpha value is -3.92. The van der Waals surface area contributed by atoms with Crippen molar-refractivity contribution in [2.45, 2.75) is 6.17 Å². The average molecular weight is 510 g/mol. The van der Waals surface area contributed by atoms with Crippen molar-refractivity contribution < 1.29 is 14.5 Å². The number of nitro benzene ring substituents is 1. The summed E-state index contributed by atoms with van der Waals surface area (Å²) in [6.45, 7) is 0. The van der Waals surface area contributed by atoms with Gasteiger partial charge in [0.1, 0.15) is 6.17 Å². The van der Waals surface area contributed by atoms with E-state index in [9.17, 15) is 19.7 Å². The Labute approximate surface area is 198 Å². The van der Waals surface area contributed by atoms with Crippen molar-refractivity contribution in [3.05, 3.63) is 98.0 Å². The van der Waals surface area contributed by atoms with Gasteiger partial charge in [0.15, 0.2) is 0 Å². The molecule has 1 unspecified atom stereocenters. The number of non-ortho nitro benzene ring substituents is 1. The standard InChI is InChI=1S/C23H20BrN5O4/c1-27(2)17-8-3-14(4-9-17)21-25-20-12-7-16(24)13-19(20)23(31)28(21)26-22(30)15-5-10-18(11-6-15)29(32)33/h3-13,21,25H,1-2H3,(H,26,30). The number of carbonyl (C=O) groups excluding carboxylic acids is 2. The van der Waals surface area contributed by atoms with Gasteiger partial charge in [0.05, 0.1) is 10.5 Å². The molecule has 0 saturated heterocycles. The minimum atomic E-state index is -0.663. The van der Waals surface area contributed by atoms with E-state index in [1.54, 1.807) is 12.1 Å². The molecule has 3 aromatic carbocycles. The van der Waals surface area contributed by atoms with Gasteiger partial charge in [-0.2, -0.15) is 0 Å². The molecule has 0 bridgehead atoms. The summed E-state index contributed by atoms with van der Waals surface area (Å²) < 4.78 is 0.729. The van der Waals surface area contributed by atoms with Gasteiger partial charge in [-0.25, -0.2) is 5.01 Å². The van der Waals surface area contributed by atoms with Crippen molar-refractivity contribution >= 4 is 44.8 Å². The van der Waals surface area contributed by atoms with Gasteiger partial charge in [0.2, 0.25) is 0 Å². The predicted octanol–water partition coefficient (Wildman–Crippen LogP) is 4.33. The molecule has 168 valence electrons. The third-order valence-corrected chi connectivity index (χ3v) is 5.76. The van der Waals surface area contributed by atoms with Crippen LogP contribution in [0.4, 0.5) is 17.1 Å². The van der Waals surface area contributed by atoms with Crippen LogP contribution in [0, 0.1) is 10.1 Å². The quantitative estimate of drug-likeness (QED) is 0.391. The number of nitrogens with one attached hydrogen (secondary N) is 2. The van der Waals surface area contributed by atoms with E-state index in [2.05, 4.69) is 26.7 Å². The Bertz CT molecular complexity index is 1230. The van der Waals surface area contributed by atoms with Crippen molar-refractivity contribution in [3.63, 3.8) is 0 Å². The molecule has 3 aromatic rings. The van der Waals surface area contributed by atoms with Gasteiger partial charge in [-0.1, -0.05) is 28.1 Å². The van der Waals surface area contributed by atoms with Crippen LogP contribution in [0.1, 0.15) is 32.4 Å². The molecule has 2 amide bonds. The molecule has 9 nitrogen and oxygen atoms in total. The monoisotopic (exact) mass is 509 g/mol. The smallest absolute Gasteiger partial charge is 0.276 e. The zero-order valence-electron chi connectivity index (χ0n) is 17.8. The molecule has 0 aliphatic carbocycles. The summed E-state index contributed by atoms with van der Waals surface area (Å²) in [4.78, 5) is 38.6. The average Bonchev–Trinajstić information content (AvgIpc) is 2.81. The lowest BCUT2D eigenvalue weighted by Crippen LogP contribution is -2.52. The Morgan fingerprint density at radius 1 is 1.09 bits per heavy atom. The van der Waals surface area contributed by atoms with Crippen LogP contribution in [-0.4, -0.2) is 35.8 Å². The second-order valence-electron chi connectivity index (χ2n) is 7.64. The molecule has 0 saturated carbocycles. The van der Waals surface area contributed by atoms with E-state index in [1.165, 1.54) is 29.3 Å². The van der Waals surface area contributed by atoms with Crippen LogP contribution in [0.3, 0.4) is 0 Å². The first-order valence-electron chi connectivity index (χ1n) is 9.97. The fourth-order valence-corrected chi connectivity index (χ4v) is 3.85. The number of nitrogens with zero attached hydrogens (tertiary/aromatic N) is 3. The summed E-state index contributed by atoms with van der Waals surface area (Å²) in [5, 5.41) is 15.4. The molecule has 1 atom stereocenters. The molecule has 4 rings (SSSR count). The molecule has 0 fully saturated rings. The summed E-state index contributed by atoms with van der Waals surface area (Å²) >= 11 is 3.38. The largest absolute Gasteiger partial charge is 0.378 e. The minimum Gasteiger partial charge on any atom is -0.378 e. The number of hydrogen-bond acceptors (Lipinski definition) is 6. The van der Waals surface area contributed by atoms with E-state index in [4.69, 9.17) is 0 Å². The summed E-state index contributed by atoms with van der Waals surface area (Å²) in [6.07, 6.45) is -0.663. The van der Waals surface area contributed by atoms with Crippen LogP contribution in [0.25, 0.3) is 0 Å². The highest BCUT2D eigenvalue weighted by Gasteiger charge is 2.34. The second-order valence-corrected chi connectivity index (χ2v) is 8.56. The first-order chi connectivity index (χ1) is 15.7. The normalized spacial score (nSPS) is 14.8. The first kappa shape index (κ1) is 22.3. The second kappa shape index (κ2) is 8.91. The zero-order chi connectivity index (χ0) is 23.7. The van der Waals surface area contributed by atoms with Gasteiger partial charge in [-0.3, -0.25) is 25.1 Å². The molecule has 0 radical (unpaired) electrons. The van der Waals surface area contributed by atoms with E-state index in [0.717, 1.165) is 15.7 Å². The molecule has 1 aliphatic heterocycles. The van der Waals surface area contributed by atoms with E-state index in [0.29, 0.717) is 11.3 Å². The number of halogens is 1. The van der Waals surface area contributed by atoms with Crippen LogP contribution >= 0.6 is 15.9 Å². The maximum Gasteiger partial charge on any atom is 0.276 e. The van der Waals surface area contributed by atoms with E-state index in [-0.39, 0.29) is 17.2 Å². The Balaban J connectivity index is 1.68. The lowest BCUT2D eigenvalue weighted by atomic mass is 10.0. The molecule has 1 aliphatic rings. The van der Waals surface area contributed by atoms with Gasteiger partial charge in [0, 0.05) is 47.6 Å². The predicted molar refractivity (Wildman–Crippen MR) is 128 cm³/mol. The summed E-state index contributed by atoms with van der Waals surface area (Å²) in [6, 6.07) is 18.1. The van der Waals surface area contributed by atoms with E-state index >= 15 is 0 Å². The number of amides is 2. The number of carbonyl (C=O) groups is 2. The fourth-order valence-electron chi connectivity index (χ4n) is 3.49. The SMILES string of the molecule is CN(C)c1ccc(C2Nc3ccc(Br)cc3C(=O)N2NC(=O)c2ccc([N+](=O)[O-])cc2)cc1. The molecular formula is C23H20BrN5O4. The maximum atomic E-state index is 13.4. The number of rotatable bonds is 5.